The molecule has 0 saturated carbocycles. The number of hydrogen-bond donors (Lipinski definition) is 2. The van der Waals surface area contributed by atoms with Crippen LogP contribution in [-0.4, -0.2) is 64.0 Å². The van der Waals surface area contributed by atoms with Crippen molar-refractivity contribution in [2.75, 3.05) is 26.2 Å². The van der Waals surface area contributed by atoms with Gasteiger partial charge in [0.05, 0.1) is 6.04 Å². The molecule has 0 spiro atoms. The summed E-state index contributed by atoms with van der Waals surface area (Å²) < 4.78 is 0. The number of aliphatic hydroxyl groups is 1. The molecule has 0 radical (unpaired) electrons. The summed E-state index contributed by atoms with van der Waals surface area (Å²) in [5.41, 5.74) is 3.68. The second-order valence-corrected chi connectivity index (χ2v) is 9.78. The summed E-state index contributed by atoms with van der Waals surface area (Å²) in [6.45, 7) is 6.30. The Morgan fingerprint density at radius 3 is 2.39 bits per heavy atom. The fourth-order valence-electron chi connectivity index (χ4n) is 5.75. The maximum Gasteiger partial charge on any atom is 0.195 e. The van der Waals surface area contributed by atoms with E-state index in [0.29, 0.717) is 11.6 Å². The minimum absolute atomic E-state index is 0.212. The lowest BCUT2D eigenvalue weighted by Gasteiger charge is -2.43. The number of aliphatic hydroxyl groups excluding tert-OH is 1. The Hall–Kier alpha value is -2.47. The van der Waals surface area contributed by atoms with Crippen molar-refractivity contribution in [2.24, 2.45) is 0 Å². The predicted octanol–water partition coefficient (Wildman–Crippen LogP) is 4.71. The number of benzene rings is 2. The van der Waals surface area contributed by atoms with E-state index in [9.17, 15) is 9.90 Å². The number of fused-ring (bicyclic) bond motifs is 1. The highest BCUT2D eigenvalue weighted by Gasteiger charge is 2.36. The molecule has 5 nitrogen and oxygen atoms in total. The first-order chi connectivity index (χ1) is 16.1. The van der Waals surface area contributed by atoms with Gasteiger partial charge in [-0.25, -0.2) is 0 Å². The van der Waals surface area contributed by atoms with Crippen LogP contribution in [0.4, 0.5) is 0 Å². The van der Waals surface area contributed by atoms with Crippen LogP contribution in [0.2, 0.25) is 0 Å². The topological polar surface area (TPSA) is 59.6 Å². The zero-order valence-electron chi connectivity index (χ0n) is 19.5. The van der Waals surface area contributed by atoms with E-state index in [-0.39, 0.29) is 11.8 Å². The largest absolute Gasteiger partial charge is 0.383 e. The average molecular weight is 446 g/mol. The average Bonchev–Trinajstić information content (AvgIpc) is 3.30. The van der Waals surface area contributed by atoms with Crippen LogP contribution in [0.15, 0.2) is 54.7 Å². The highest BCUT2D eigenvalue weighted by molar-refractivity contribution is 6.10. The number of likely N-dealkylation sites (tertiary alicyclic amines) is 2. The number of ketones is 1. The van der Waals surface area contributed by atoms with Crippen molar-refractivity contribution in [3.8, 4) is 0 Å². The summed E-state index contributed by atoms with van der Waals surface area (Å²) in [4.78, 5) is 21.7. The van der Waals surface area contributed by atoms with Crippen LogP contribution in [0.3, 0.4) is 0 Å². The minimum Gasteiger partial charge on any atom is -0.383 e. The summed E-state index contributed by atoms with van der Waals surface area (Å²) in [5.74, 6) is -0.212. The van der Waals surface area contributed by atoms with Crippen molar-refractivity contribution in [3.63, 3.8) is 0 Å². The molecule has 2 atom stereocenters. The van der Waals surface area contributed by atoms with E-state index in [1.165, 1.54) is 37.9 Å². The van der Waals surface area contributed by atoms with Gasteiger partial charge in [-0.1, -0.05) is 54.4 Å². The summed E-state index contributed by atoms with van der Waals surface area (Å²) in [7, 11) is 0. The van der Waals surface area contributed by atoms with E-state index in [1.54, 1.807) is 6.20 Å². The summed E-state index contributed by atoms with van der Waals surface area (Å²) >= 11 is 0. The van der Waals surface area contributed by atoms with Gasteiger partial charge in [0, 0.05) is 41.8 Å². The van der Waals surface area contributed by atoms with Crippen LogP contribution < -0.4 is 0 Å². The number of aryl methyl sites for hydroxylation is 1. The third-order valence-electron chi connectivity index (χ3n) is 7.64. The fourth-order valence-corrected chi connectivity index (χ4v) is 5.75. The van der Waals surface area contributed by atoms with Crippen LogP contribution in [0.1, 0.15) is 59.6 Å². The number of para-hydroxylation sites is 1. The van der Waals surface area contributed by atoms with E-state index in [0.717, 1.165) is 42.4 Å². The van der Waals surface area contributed by atoms with Gasteiger partial charge < -0.3 is 15.0 Å². The smallest absolute Gasteiger partial charge is 0.195 e. The van der Waals surface area contributed by atoms with E-state index < -0.39 is 6.10 Å². The van der Waals surface area contributed by atoms with Crippen LogP contribution >= 0.6 is 0 Å². The van der Waals surface area contributed by atoms with Gasteiger partial charge in [0.2, 0.25) is 0 Å². The number of carbonyl (C=O) groups excluding carboxylic acids is 1. The Morgan fingerprint density at radius 1 is 0.970 bits per heavy atom. The molecule has 0 bridgehead atoms. The molecule has 0 amide bonds. The number of piperidine rings is 2. The maximum atomic E-state index is 13.6. The molecule has 3 heterocycles. The van der Waals surface area contributed by atoms with Crippen molar-refractivity contribution < 1.29 is 9.90 Å². The third kappa shape index (κ3) is 4.63. The summed E-state index contributed by atoms with van der Waals surface area (Å²) in [5, 5.41) is 12.4. The van der Waals surface area contributed by atoms with Crippen molar-refractivity contribution in [1.29, 1.82) is 0 Å². The molecule has 5 heteroatoms. The normalized spacial score (nSPS) is 20.7. The summed E-state index contributed by atoms with van der Waals surface area (Å²) in [6.07, 6.45) is 6.79. The minimum atomic E-state index is -1.11. The van der Waals surface area contributed by atoms with Gasteiger partial charge >= 0.3 is 0 Å². The second kappa shape index (κ2) is 9.80. The van der Waals surface area contributed by atoms with Gasteiger partial charge in [-0.2, -0.15) is 0 Å². The molecule has 174 valence electrons. The Balaban J connectivity index is 1.39. The Morgan fingerprint density at radius 2 is 1.67 bits per heavy atom. The lowest BCUT2D eigenvalue weighted by molar-refractivity contribution is 0.0161. The van der Waals surface area contributed by atoms with Gasteiger partial charge in [-0.3, -0.25) is 9.69 Å². The van der Waals surface area contributed by atoms with Crippen molar-refractivity contribution in [3.05, 3.63) is 71.4 Å². The van der Waals surface area contributed by atoms with Gasteiger partial charge in [0.25, 0.3) is 0 Å². The molecule has 2 aliphatic rings. The Kier molecular flexibility index (Phi) is 6.63. The maximum absolute atomic E-state index is 13.6. The van der Waals surface area contributed by atoms with Crippen molar-refractivity contribution in [1.82, 2.24) is 14.8 Å². The standard InChI is InChI=1S/C28H35N3O2/c1-20-9-11-21(12-10-20)26(31-17-13-22(14-18-31)30-15-5-2-6-16-30)28(33)27(32)24-19-29-25-8-4-3-7-23(24)25/h3-4,7-12,19,22,26,28-29,33H,2,5-6,13-18H2,1H3/t26-,28+/m1/s1. The molecule has 0 unspecified atom stereocenters. The zero-order valence-corrected chi connectivity index (χ0v) is 19.5. The van der Waals surface area contributed by atoms with Crippen molar-refractivity contribution in [2.45, 2.75) is 57.2 Å². The van der Waals surface area contributed by atoms with Crippen molar-refractivity contribution >= 4 is 16.7 Å². The molecule has 5 rings (SSSR count). The molecular formula is C28H35N3O2. The number of aromatic nitrogens is 1. The van der Waals surface area contributed by atoms with Crippen LogP contribution in [-0.2, 0) is 0 Å². The van der Waals surface area contributed by atoms with E-state index in [1.807, 2.05) is 24.3 Å². The number of nitrogens with one attached hydrogen (secondary N) is 1. The molecule has 2 fully saturated rings. The molecule has 2 N–H and O–H groups in total. The third-order valence-corrected chi connectivity index (χ3v) is 7.64. The molecule has 3 aromatic rings. The van der Waals surface area contributed by atoms with Crippen LogP contribution in [0.25, 0.3) is 10.9 Å². The molecule has 2 saturated heterocycles. The van der Waals surface area contributed by atoms with Crippen LogP contribution in [0, 0.1) is 6.92 Å². The Bertz CT molecular complexity index is 1080. The number of Topliss-reactive ketones (excluding diaryl/α,β-unsaturated/α-hetero) is 1. The number of H-pyrrole nitrogens is 1. The number of hydrogen-bond acceptors (Lipinski definition) is 4. The van der Waals surface area contributed by atoms with Gasteiger partial charge in [-0.05, 0) is 57.3 Å². The highest BCUT2D eigenvalue weighted by atomic mass is 16.3. The number of aromatic amines is 1. The SMILES string of the molecule is Cc1ccc([C@H]([C@H](O)C(=O)c2c[nH]c3ccccc23)N2CCC(N3CCCCC3)CC2)cc1. The number of carbonyl (C=O) groups is 1. The lowest BCUT2D eigenvalue weighted by atomic mass is 9.90. The van der Waals surface area contributed by atoms with E-state index in [2.05, 4.69) is 46.0 Å². The quantitative estimate of drug-likeness (QED) is 0.540. The van der Waals surface area contributed by atoms with Crippen LogP contribution in [0.5, 0.6) is 0 Å². The number of nitrogens with zero attached hydrogens (tertiary/aromatic N) is 2. The van der Waals surface area contributed by atoms with Gasteiger partial charge in [-0.15, -0.1) is 0 Å². The molecule has 2 aromatic carbocycles. The molecule has 0 aliphatic carbocycles. The first-order valence-electron chi connectivity index (χ1n) is 12.4. The fraction of sp³-hybridized carbons (Fsp3) is 0.464. The van der Waals surface area contributed by atoms with Gasteiger partial charge in [0.1, 0.15) is 6.10 Å². The highest BCUT2D eigenvalue weighted by Crippen LogP contribution is 2.32. The number of rotatable bonds is 6. The molecule has 2 aliphatic heterocycles. The second-order valence-electron chi connectivity index (χ2n) is 9.78. The summed E-state index contributed by atoms with van der Waals surface area (Å²) in [6, 6.07) is 16.4. The van der Waals surface area contributed by atoms with E-state index >= 15 is 0 Å². The Labute approximate surface area is 196 Å². The molecular weight excluding hydrogens is 410 g/mol. The first-order valence-corrected chi connectivity index (χ1v) is 12.4. The van der Waals surface area contributed by atoms with E-state index in [4.69, 9.17) is 0 Å². The first kappa shape index (κ1) is 22.3. The van der Waals surface area contributed by atoms with Gasteiger partial charge in [0.15, 0.2) is 5.78 Å². The predicted molar refractivity (Wildman–Crippen MR) is 133 cm³/mol. The molecule has 33 heavy (non-hydrogen) atoms. The molecule has 1 aromatic heterocycles. The zero-order chi connectivity index (χ0) is 22.8. The lowest BCUT2D eigenvalue weighted by Crippen LogP contribution is -2.50. The monoisotopic (exact) mass is 445 g/mol.